The molecule has 0 amide bonds. The van der Waals surface area contributed by atoms with Gasteiger partial charge in [-0.05, 0) is 26.6 Å². The van der Waals surface area contributed by atoms with Gasteiger partial charge in [0.2, 0.25) is 10.0 Å². The van der Waals surface area contributed by atoms with Crippen LogP contribution in [0.25, 0.3) is 0 Å². The third-order valence-corrected chi connectivity index (χ3v) is 3.74. The Balaban J connectivity index is 3.10. The maximum absolute atomic E-state index is 11.6. The van der Waals surface area contributed by atoms with E-state index in [4.69, 9.17) is 0 Å². The number of hydrogen-bond acceptors (Lipinski definition) is 3. The number of hydrogen-bond donors (Lipinski definition) is 2. The van der Waals surface area contributed by atoms with E-state index in [2.05, 4.69) is 17.0 Å². The van der Waals surface area contributed by atoms with Crippen molar-refractivity contribution in [1.29, 1.82) is 0 Å². The van der Waals surface area contributed by atoms with Crippen molar-refractivity contribution in [2.24, 2.45) is 0 Å². The van der Waals surface area contributed by atoms with Gasteiger partial charge >= 0.3 is 0 Å². The highest BCUT2D eigenvalue weighted by Gasteiger charge is 2.15. The van der Waals surface area contributed by atoms with E-state index in [9.17, 15) is 8.42 Å². The fraction of sp³-hybridized carbons (Fsp3) is 0.600. The van der Waals surface area contributed by atoms with Crippen LogP contribution in [0, 0.1) is 0 Å². The van der Waals surface area contributed by atoms with Crippen molar-refractivity contribution < 1.29 is 8.42 Å². The molecule has 0 unspecified atom stereocenters. The first-order valence-corrected chi connectivity index (χ1v) is 6.80. The van der Waals surface area contributed by atoms with Crippen LogP contribution in [0.1, 0.15) is 19.0 Å². The molecule has 92 valence electrons. The van der Waals surface area contributed by atoms with Crippen molar-refractivity contribution in [2.75, 3.05) is 14.1 Å². The van der Waals surface area contributed by atoms with E-state index in [1.165, 1.54) is 7.05 Å². The van der Waals surface area contributed by atoms with Crippen molar-refractivity contribution >= 4 is 10.0 Å². The first kappa shape index (κ1) is 13.2. The second kappa shape index (κ2) is 5.47. The van der Waals surface area contributed by atoms with Gasteiger partial charge in [-0.25, -0.2) is 13.1 Å². The van der Waals surface area contributed by atoms with Crippen LogP contribution in [0.5, 0.6) is 0 Å². The van der Waals surface area contributed by atoms with Crippen molar-refractivity contribution in [1.82, 2.24) is 14.6 Å². The van der Waals surface area contributed by atoms with Gasteiger partial charge in [0.05, 0.1) is 4.90 Å². The van der Waals surface area contributed by atoms with Gasteiger partial charge in [0.25, 0.3) is 0 Å². The topological polar surface area (TPSA) is 63.1 Å². The third kappa shape index (κ3) is 2.84. The Morgan fingerprint density at radius 2 is 2.06 bits per heavy atom. The van der Waals surface area contributed by atoms with Gasteiger partial charge < -0.3 is 9.88 Å². The number of nitrogens with zero attached hydrogens (tertiary/aromatic N) is 1. The first-order valence-electron chi connectivity index (χ1n) is 5.32. The summed E-state index contributed by atoms with van der Waals surface area (Å²) in [5.74, 6) is 0. The van der Waals surface area contributed by atoms with Crippen LogP contribution in [0.15, 0.2) is 17.2 Å². The number of sulfonamides is 1. The molecule has 0 spiro atoms. The third-order valence-electron chi connectivity index (χ3n) is 2.36. The molecular formula is C10H19N3O2S. The number of rotatable bonds is 6. The fourth-order valence-electron chi connectivity index (χ4n) is 1.57. The van der Waals surface area contributed by atoms with Gasteiger partial charge in [-0.3, -0.25) is 0 Å². The minimum atomic E-state index is -3.34. The highest BCUT2D eigenvalue weighted by molar-refractivity contribution is 7.89. The first-order chi connectivity index (χ1) is 7.55. The van der Waals surface area contributed by atoms with Crippen LogP contribution in [0.3, 0.4) is 0 Å². The Morgan fingerprint density at radius 1 is 1.38 bits per heavy atom. The smallest absolute Gasteiger partial charge is 0.241 e. The molecule has 5 nitrogen and oxygen atoms in total. The van der Waals surface area contributed by atoms with Crippen LogP contribution in [0.2, 0.25) is 0 Å². The van der Waals surface area contributed by atoms with Gasteiger partial charge in [0.15, 0.2) is 0 Å². The van der Waals surface area contributed by atoms with Gasteiger partial charge in [-0.15, -0.1) is 0 Å². The van der Waals surface area contributed by atoms with Crippen LogP contribution in [-0.4, -0.2) is 27.1 Å². The van der Waals surface area contributed by atoms with Gasteiger partial charge in [-0.1, -0.05) is 6.92 Å². The summed E-state index contributed by atoms with van der Waals surface area (Å²) >= 11 is 0. The highest BCUT2D eigenvalue weighted by Crippen LogP contribution is 2.14. The van der Waals surface area contributed by atoms with E-state index < -0.39 is 10.0 Å². The minimum absolute atomic E-state index is 0.328. The summed E-state index contributed by atoms with van der Waals surface area (Å²) in [5.41, 5.74) is 0.984. The molecule has 0 saturated carbocycles. The summed E-state index contributed by atoms with van der Waals surface area (Å²) in [7, 11) is -0.0714. The highest BCUT2D eigenvalue weighted by atomic mass is 32.2. The fourth-order valence-corrected chi connectivity index (χ4v) is 2.36. The van der Waals surface area contributed by atoms with E-state index in [0.29, 0.717) is 11.4 Å². The summed E-state index contributed by atoms with van der Waals surface area (Å²) in [6, 6.07) is 1.71. The van der Waals surface area contributed by atoms with Crippen LogP contribution < -0.4 is 10.0 Å². The second-order valence-corrected chi connectivity index (χ2v) is 5.48. The zero-order chi connectivity index (χ0) is 12.2. The summed E-state index contributed by atoms with van der Waals surface area (Å²) in [4.78, 5) is 0.328. The van der Waals surface area contributed by atoms with E-state index >= 15 is 0 Å². The lowest BCUT2D eigenvalue weighted by Crippen LogP contribution is -2.17. The minimum Gasteiger partial charge on any atom is -0.349 e. The van der Waals surface area contributed by atoms with E-state index in [1.54, 1.807) is 12.3 Å². The molecule has 1 heterocycles. The maximum atomic E-state index is 11.6. The predicted molar refractivity (Wildman–Crippen MR) is 63.7 cm³/mol. The Bertz CT molecular complexity index is 413. The lowest BCUT2D eigenvalue weighted by atomic mass is 10.4. The molecule has 1 aromatic heterocycles. The van der Waals surface area contributed by atoms with E-state index in [-0.39, 0.29) is 0 Å². The molecule has 2 N–H and O–H groups in total. The molecule has 1 aromatic rings. The SMILES string of the molecule is CCCn1cc(S(=O)(=O)NC)cc1CNC. The second-order valence-electron chi connectivity index (χ2n) is 3.60. The molecular weight excluding hydrogens is 226 g/mol. The lowest BCUT2D eigenvalue weighted by molar-refractivity contribution is 0.587. The maximum Gasteiger partial charge on any atom is 0.241 e. The molecule has 0 atom stereocenters. The lowest BCUT2D eigenvalue weighted by Gasteiger charge is -2.05. The molecule has 1 rings (SSSR count). The Labute approximate surface area is 96.9 Å². The number of aryl methyl sites for hydroxylation is 1. The Kier molecular flexibility index (Phi) is 4.52. The normalized spacial score (nSPS) is 11.9. The molecule has 0 aliphatic carbocycles. The molecule has 0 aromatic carbocycles. The number of aromatic nitrogens is 1. The summed E-state index contributed by atoms with van der Waals surface area (Å²) in [6.07, 6.45) is 2.66. The van der Waals surface area contributed by atoms with Crippen LogP contribution in [-0.2, 0) is 23.1 Å². The average molecular weight is 245 g/mol. The monoisotopic (exact) mass is 245 g/mol. The van der Waals surface area contributed by atoms with E-state index in [1.807, 2.05) is 11.6 Å². The van der Waals surface area contributed by atoms with Crippen molar-refractivity contribution in [3.63, 3.8) is 0 Å². The van der Waals surface area contributed by atoms with Gasteiger partial charge in [0.1, 0.15) is 0 Å². The zero-order valence-corrected chi connectivity index (χ0v) is 10.8. The molecule has 6 heteroatoms. The predicted octanol–water partition coefficient (Wildman–Crippen LogP) is 0.526. The van der Waals surface area contributed by atoms with Gasteiger partial charge in [0, 0.05) is 25.0 Å². The van der Waals surface area contributed by atoms with Crippen molar-refractivity contribution in [2.45, 2.75) is 31.3 Å². The molecule has 0 saturated heterocycles. The van der Waals surface area contributed by atoms with Crippen molar-refractivity contribution in [3.8, 4) is 0 Å². The molecule has 0 aliphatic heterocycles. The van der Waals surface area contributed by atoms with E-state index in [0.717, 1.165) is 18.7 Å². The molecule has 0 bridgehead atoms. The van der Waals surface area contributed by atoms with Gasteiger partial charge in [-0.2, -0.15) is 0 Å². The van der Waals surface area contributed by atoms with Crippen molar-refractivity contribution in [3.05, 3.63) is 18.0 Å². The Hall–Kier alpha value is -0.850. The largest absolute Gasteiger partial charge is 0.349 e. The summed E-state index contributed by atoms with van der Waals surface area (Å²) in [6.45, 7) is 3.56. The van der Waals surface area contributed by atoms with Crippen LogP contribution in [0.4, 0.5) is 0 Å². The summed E-state index contributed by atoms with van der Waals surface area (Å²) < 4.78 is 27.6. The summed E-state index contributed by atoms with van der Waals surface area (Å²) in [5, 5.41) is 3.03. The standard InChI is InChI=1S/C10H19N3O2S/c1-4-5-13-8-10(16(14,15)12-3)6-9(13)7-11-2/h6,8,11-12H,4-5,7H2,1-3H3. The Morgan fingerprint density at radius 3 is 2.56 bits per heavy atom. The number of nitrogens with one attached hydrogen (secondary N) is 2. The quantitative estimate of drug-likeness (QED) is 0.768. The molecule has 0 fully saturated rings. The molecule has 0 aliphatic rings. The van der Waals surface area contributed by atoms with Crippen LogP contribution >= 0.6 is 0 Å². The molecule has 0 radical (unpaired) electrons. The zero-order valence-electron chi connectivity index (χ0n) is 9.95. The molecule has 16 heavy (non-hydrogen) atoms. The average Bonchev–Trinajstić information content (AvgIpc) is 2.64.